The first kappa shape index (κ1) is 18.4. The molecule has 1 aromatic carbocycles. The third-order valence-corrected chi connectivity index (χ3v) is 4.71. The Balaban J connectivity index is 1.85. The number of anilines is 1. The van der Waals surface area contributed by atoms with Crippen LogP contribution in [-0.4, -0.2) is 55.8 Å². The van der Waals surface area contributed by atoms with Gasteiger partial charge in [-0.25, -0.2) is 4.79 Å². The molecule has 2 atom stereocenters. The van der Waals surface area contributed by atoms with Crippen LogP contribution in [0.3, 0.4) is 0 Å². The third-order valence-electron chi connectivity index (χ3n) is 4.71. The first-order chi connectivity index (χ1) is 12.4. The van der Waals surface area contributed by atoms with Crippen molar-refractivity contribution in [2.45, 2.75) is 33.0 Å². The van der Waals surface area contributed by atoms with Crippen molar-refractivity contribution in [2.75, 3.05) is 32.1 Å². The van der Waals surface area contributed by atoms with Crippen LogP contribution < -0.4 is 10.2 Å². The number of carbonyl (C=O) groups is 2. The van der Waals surface area contributed by atoms with Gasteiger partial charge in [-0.2, -0.15) is 0 Å². The lowest BCUT2D eigenvalue weighted by Gasteiger charge is -2.31. The lowest BCUT2D eigenvalue weighted by atomic mass is 10.1. The number of fused-ring (bicyclic) bond motifs is 1. The van der Waals surface area contributed by atoms with Gasteiger partial charge in [0.2, 0.25) is 0 Å². The number of aromatic amines is 1. The standard InChI is InChI=1S/C19H25N3O4/c1-11-6-5-7-14-16(11)17(18(20-14)19(24)25-4)21-15(23)10-22-8-12(2)26-13(3)9-22/h5-7,12-13,20H,8-10H2,1-4H3,(H,21,23)/p+1/t12-,13-/m0/s1. The molecule has 140 valence electrons. The van der Waals surface area contributed by atoms with Gasteiger partial charge >= 0.3 is 5.97 Å². The molecule has 2 aromatic rings. The van der Waals surface area contributed by atoms with Crippen molar-refractivity contribution in [3.63, 3.8) is 0 Å². The molecule has 3 rings (SSSR count). The predicted octanol–water partition coefficient (Wildman–Crippen LogP) is 0.894. The quantitative estimate of drug-likeness (QED) is 0.707. The Hall–Kier alpha value is -2.38. The highest BCUT2D eigenvalue weighted by molar-refractivity contribution is 6.12. The summed E-state index contributed by atoms with van der Waals surface area (Å²) in [6, 6.07) is 5.73. The van der Waals surface area contributed by atoms with Gasteiger partial charge in [0, 0.05) is 10.9 Å². The molecule has 1 saturated heterocycles. The summed E-state index contributed by atoms with van der Waals surface area (Å²) in [4.78, 5) is 29.1. The number of H-pyrrole nitrogens is 1. The fourth-order valence-corrected chi connectivity index (χ4v) is 3.75. The number of hydrogen-bond donors (Lipinski definition) is 3. The molecule has 2 heterocycles. The monoisotopic (exact) mass is 360 g/mol. The maximum absolute atomic E-state index is 12.7. The zero-order valence-corrected chi connectivity index (χ0v) is 15.6. The predicted molar refractivity (Wildman–Crippen MR) is 98.6 cm³/mol. The van der Waals surface area contributed by atoms with Gasteiger partial charge in [-0.1, -0.05) is 12.1 Å². The summed E-state index contributed by atoms with van der Waals surface area (Å²) < 4.78 is 10.6. The second-order valence-electron chi connectivity index (χ2n) is 7.00. The molecule has 1 fully saturated rings. The Morgan fingerprint density at radius 3 is 2.65 bits per heavy atom. The Bertz CT molecular complexity index is 820. The fourth-order valence-electron chi connectivity index (χ4n) is 3.75. The van der Waals surface area contributed by atoms with Crippen LogP contribution >= 0.6 is 0 Å². The van der Waals surface area contributed by atoms with Crippen molar-refractivity contribution in [2.24, 2.45) is 0 Å². The smallest absolute Gasteiger partial charge is 0.356 e. The largest absolute Gasteiger partial charge is 0.464 e. The maximum atomic E-state index is 12.7. The van der Waals surface area contributed by atoms with Gasteiger partial charge in [0.15, 0.2) is 6.54 Å². The van der Waals surface area contributed by atoms with E-state index >= 15 is 0 Å². The molecule has 0 spiro atoms. The number of ether oxygens (including phenoxy) is 2. The molecule has 26 heavy (non-hydrogen) atoms. The second kappa shape index (κ2) is 7.47. The number of carbonyl (C=O) groups excluding carboxylic acids is 2. The van der Waals surface area contributed by atoms with Crippen molar-refractivity contribution in [3.8, 4) is 0 Å². The highest BCUT2D eigenvalue weighted by Gasteiger charge is 2.28. The highest BCUT2D eigenvalue weighted by atomic mass is 16.5. The van der Waals surface area contributed by atoms with Crippen molar-refractivity contribution in [1.29, 1.82) is 0 Å². The molecule has 1 amide bonds. The molecule has 1 aliphatic heterocycles. The zero-order valence-electron chi connectivity index (χ0n) is 15.6. The first-order valence-electron chi connectivity index (χ1n) is 8.87. The van der Waals surface area contributed by atoms with E-state index in [0.29, 0.717) is 12.2 Å². The molecule has 7 nitrogen and oxygen atoms in total. The average Bonchev–Trinajstić information content (AvgIpc) is 2.92. The Morgan fingerprint density at radius 1 is 1.31 bits per heavy atom. The normalized spacial score (nSPS) is 23.0. The van der Waals surface area contributed by atoms with Crippen molar-refractivity contribution < 1.29 is 24.0 Å². The van der Waals surface area contributed by atoms with Gasteiger partial charge in [-0.05, 0) is 32.4 Å². The number of amides is 1. The lowest BCUT2D eigenvalue weighted by molar-refractivity contribution is -0.907. The molecule has 1 aliphatic rings. The molecule has 0 saturated carbocycles. The number of quaternary nitrogens is 1. The van der Waals surface area contributed by atoms with Gasteiger partial charge in [0.05, 0.1) is 12.8 Å². The lowest BCUT2D eigenvalue weighted by Crippen LogP contribution is -3.16. The number of aromatic nitrogens is 1. The number of rotatable bonds is 4. The van der Waals surface area contributed by atoms with Crippen LogP contribution in [-0.2, 0) is 14.3 Å². The third kappa shape index (κ3) is 3.73. The molecule has 3 N–H and O–H groups in total. The van der Waals surface area contributed by atoms with Gasteiger partial charge in [0.25, 0.3) is 5.91 Å². The minimum absolute atomic E-state index is 0.127. The van der Waals surface area contributed by atoms with Crippen LogP contribution in [0.2, 0.25) is 0 Å². The summed E-state index contributed by atoms with van der Waals surface area (Å²) in [6.45, 7) is 7.89. The fraction of sp³-hybridized carbons (Fsp3) is 0.474. The topological polar surface area (TPSA) is 84.9 Å². The van der Waals surface area contributed by atoms with Crippen LogP contribution in [0, 0.1) is 6.92 Å². The van der Waals surface area contributed by atoms with E-state index < -0.39 is 5.97 Å². The number of aryl methyl sites for hydroxylation is 1. The van der Waals surface area contributed by atoms with Crippen LogP contribution in [0.25, 0.3) is 10.9 Å². The molecule has 0 aliphatic carbocycles. The SMILES string of the molecule is COC(=O)c1[nH]c2cccc(C)c2c1NC(=O)C[NH+]1C[C@H](C)O[C@@H](C)C1. The van der Waals surface area contributed by atoms with Crippen LogP contribution in [0.5, 0.6) is 0 Å². The van der Waals surface area contributed by atoms with Crippen LogP contribution in [0.4, 0.5) is 5.69 Å². The van der Waals surface area contributed by atoms with Crippen LogP contribution in [0.15, 0.2) is 18.2 Å². The molecule has 0 bridgehead atoms. The molecule has 0 unspecified atom stereocenters. The minimum Gasteiger partial charge on any atom is -0.464 e. The van der Waals surface area contributed by atoms with Gasteiger partial charge < -0.3 is 24.7 Å². The Morgan fingerprint density at radius 2 is 2.00 bits per heavy atom. The zero-order chi connectivity index (χ0) is 18.8. The molecular formula is C19H26N3O4+. The summed E-state index contributed by atoms with van der Waals surface area (Å²) in [5.41, 5.74) is 2.53. The molecule has 0 radical (unpaired) electrons. The number of esters is 1. The minimum atomic E-state index is -0.503. The van der Waals surface area contributed by atoms with E-state index in [2.05, 4.69) is 10.3 Å². The van der Waals surface area contributed by atoms with E-state index in [0.717, 1.165) is 29.6 Å². The summed E-state index contributed by atoms with van der Waals surface area (Å²) in [6.07, 6.45) is 0.255. The molecule has 7 heteroatoms. The van der Waals surface area contributed by atoms with Crippen molar-refractivity contribution in [3.05, 3.63) is 29.5 Å². The first-order valence-corrected chi connectivity index (χ1v) is 8.87. The van der Waals surface area contributed by atoms with Gasteiger partial charge in [-0.3, -0.25) is 4.79 Å². The number of nitrogens with one attached hydrogen (secondary N) is 3. The van der Waals surface area contributed by atoms with E-state index in [4.69, 9.17) is 9.47 Å². The van der Waals surface area contributed by atoms with E-state index in [-0.39, 0.29) is 23.8 Å². The molecular weight excluding hydrogens is 334 g/mol. The van der Waals surface area contributed by atoms with E-state index in [9.17, 15) is 9.59 Å². The van der Waals surface area contributed by atoms with E-state index in [1.807, 2.05) is 39.0 Å². The highest BCUT2D eigenvalue weighted by Crippen LogP contribution is 2.31. The summed E-state index contributed by atoms with van der Waals surface area (Å²) in [5.74, 6) is -0.632. The number of hydrogen-bond acceptors (Lipinski definition) is 4. The average molecular weight is 360 g/mol. The summed E-state index contributed by atoms with van der Waals surface area (Å²) in [7, 11) is 1.33. The number of morpholine rings is 1. The Labute approximate surface area is 152 Å². The van der Waals surface area contributed by atoms with E-state index in [1.54, 1.807) is 0 Å². The number of methoxy groups -OCH3 is 1. The summed E-state index contributed by atoms with van der Waals surface area (Å²) >= 11 is 0. The van der Waals surface area contributed by atoms with Crippen molar-refractivity contribution >= 4 is 28.5 Å². The summed E-state index contributed by atoms with van der Waals surface area (Å²) in [5, 5.41) is 3.77. The Kier molecular flexibility index (Phi) is 5.29. The van der Waals surface area contributed by atoms with Gasteiger partial charge in [0.1, 0.15) is 31.0 Å². The maximum Gasteiger partial charge on any atom is 0.356 e. The molecule has 1 aromatic heterocycles. The van der Waals surface area contributed by atoms with Crippen molar-refractivity contribution in [1.82, 2.24) is 4.98 Å². The van der Waals surface area contributed by atoms with Crippen LogP contribution in [0.1, 0.15) is 29.9 Å². The van der Waals surface area contributed by atoms with E-state index in [1.165, 1.54) is 12.0 Å². The van der Waals surface area contributed by atoms with Gasteiger partial charge in [-0.15, -0.1) is 0 Å². The number of benzene rings is 1. The second-order valence-corrected chi connectivity index (χ2v) is 7.00.